The smallest absolute Gasteiger partial charge is 0.274 e. The molecule has 2 heterocycles. The summed E-state index contributed by atoms with van der Waals surface area (Å²) in [4.78, 5) is 13.9. The number of anilines is 1. The van der Waals surface area contributed by atoms with Gasteiger partial charge in [-0.25, -0.2) is 15.0 Å². The summed E-state index contributed by atoms with van der Waals surface area (Å²) < 4.78 is 24.3. The normalized spacial score (nSPS) is 16.8. The number of aromatic nitrogens is 2. The highest BCUT2D eigenvalue weighted by Crippen LogP contribution is 2.26. The molecular formula is C14H19N5O3S. The van der Waals surface area contributed by atoms with Crippen molar-refractivity contribution in [3.05, 3.63) is 34.6 Å². The molecule has 8 nitrogen and oxygen atoms in total. The molecule has 3 rings (SSSR count). The molecule has 1 fully saturated rings. The summed E-state index contributed by atoms with van der Waals surface area (Å²) in [7, 11) is -3.64. The molecule has 0 atom stereocenters. The first-order valence-corrected chi connectivity index (χ1v) is 8.98. The molecule has 0 unspecified atom stereocenters. The lowest BCUT2D eigenvalue weighted by Gasteiger charge is -2.33. The quantitative estimate of drug-likeness (QED) is 0.721. The Kier molecular flexibility index (Phi) is 4.33. The Bertz CT molecular complexity index is 856. The van der Waals surface area contributed by atoms with Crippen molar-refractivity contribution in [3.8, 4) is 0 Å². The second kappa shape index (κ2) is 6.26. The number of benzene rings is 1. The van der Waals surface area contributed by atoms with E-state index >= 15 is 0 Å². The maximum Gasteiger partial charge on any atom is 0.274 e. The van der Waals surface area contributed by atoms with Crippen LogP contribution in [0.25, 0.3) is 10.8 Å². The average Bonchev–Trinajstić information content (AvgIpc) is 2.54. The summed E-state index contributed by atoms with van der Waals surface area (Å²) >= 11 is 0. The number of nitrogens with one attached hydrogen (secondary N) is 2. The van der Waals surface area contributed by atoms with Gasteiger partial charge in [-0.15, -0.1) is 0 Å². The van der Waals surface area contributed by atoms with Gasteiger partial charge in [0.25, 0.3) is 15.8 Å². The van der Waals surface area contributed by atoms with E-state index in [0.29, 0.717) is 11.9 Å². The van der Waals surface area contributed by atoms with Crippen LogP contribution in [0.2, 0.25) is 0 Å². The lowest BCUT2D eigenvalue weighted by molar-refractivity contribution is 0.400. The van der Waals surface area contributed by atoms with E-state index in [-0.39, 0.29) is 11.5 Å². The average molecular weight is 337 g/mol. The van der Waals surface area contributed by atoms with E-state index < -0.39 is 10.2 Å². The van der Waals surface area contributed by atoms with Crippen LogP contribution in [0.5, 0.6) is 0 Å². The summed E-state index contributed by atoms with van der Waals surface area (Å²) in [6.07, 6.45) is 1.66. The summed E-state index contributed by atoms with van der Waals surface area (Å²) in [5.74, 6) is 1.01. The predicted octanol–water partition coefficient (Wildman–Crippen LogP) is -0.0674. The van der Waals surface area contributed by atoms with Gasteiger partial charge in [-0.3, -0.25) is 4.79 Å². The van der Waals surface area contributed by atoms with E-state index in [0.717, 1.165) is 37.1 Å². The van der Waals surface area contributed by atoms with Crippen molar-refractivity contribution < 1.29 is 8.42 Å². The van der Waals surface area contributed by atoms with Gasteiger partial charge < -0.3 is 4.90 Å². The standard InChI is InChI=1S/C14H19N5O3S/c15-23(21,22)16-9-10-5-7-19(8-6-10)13-11-3-1-2-4-12(11)14(20)18-17-13/h1-4,10,16H,5-9H2,(H,18,20)(H2,15,21,22). The van der Waals surface area contributed by atoms with Crippen LogP contribution in [0.15, 0.2) is 29.1 Å². The highest BCUT2D eigenvalue weighted by atomic mass is 32.2. The first-order valence-electron chi connectivity index (χ1n) is 7.44. The highest BCUT2D eigenvalue weighted by Gasteiger charge is 2.22. The van der Waals surface area contributed by atoms with Crippen molar-refractivity contribution in [2.45, 2.75) is 12.8 Å². The molecule has 0 bridgehead atoms. The van der Waals surface area contributed by atoms with Crippen molar-refractivity contribution in [1.82, 2.24) is 14.9 Å². The van der Waals surface area contributed by atoms with E-state index in [4.69, 9.17) is 5.14 Å². The van der Waals surface area contributed by atoms with E-state index in [1.807, 2.05) is 18.2 Å². The number of aromatic amines is 1. The van der Waals surface area contributed by atoms with Crippen LogP contribution in [-0.2, 0) is 10.2 Å². The van der Waals surface area contributed by atoms with Crippen LogP contribution in [0.4, 0.5) is 5.82 Å². The zero-order chi connectivity index (χ0) is 16.4. The Labute approximate surface area is 133 Å². The van der Waals surface area contributed by atoms with Gasteiger partial charge in [-0.05, 0) is 24.8 Å². The molecule has 0 radical (unpaired) electrons. The summed E-state index contributed by atoms with van der Waals surface area (Å²) in [5, 5.41) is 13.1. The fraction of sp³-hybridized carbons (Fsp3) is 0.429. The zero-order valence-electron chi connectivity index (χ0n) is 12.5. The molecule has 0 saturated carbocycles. The highest BCUT2D eigenvalue weighted by molar-refractivity contribution is 7.87. The molecule has 23 heavy (non-hydrogen) atoms. The monoisotopic (exact) mass is 337 g/mol. The van der Waals surface area contributed by atoms with Gasteiger partial charge in [0.15, 0.2) is 5.82 Å². The second-order valence-electron chi connectivity index (χ2n) is 5.75. The molecule has 1 aromatic carbocycles. The molecule has 9 heteroatoms. The van der Waals surface area contributed by atoms with E-state index in [2.05, 4.69) is 19.8 Å². The zero-order valence-corrected chi connectivity index (χ0v) is 13.3. The lowest BCUT2D eigenvalue weighted by Crippen LogP contribution is -2.41. The molecule has 4 N–H and O–H groups in total. The first kappa shape index (κ1) is 15.9. The molecule has 0 spiro atoms. The number of hydrogen-bond donors (Lipinski definition) is 3. The number of nitrogens with zero attached hydrogens (tertiary/aromatic N) is 2. The third kappa shape index (κ3) is 3.69. The SMILES string of the molecule is NS(=O)(=O)NCC1CCN(c2n[nH]c(=O)c3ccccc23)CC1. The Morgan fingerprint density at radius 1 is 1.26 bits per heavy atom. The van der Waals surface area contributed by atoms with Crippen molar-refractivity contribution in [2.75, 3.05) is 24.5 Å². The fourth-order valence-electron chi connectivity index (χ4n) is 2.92. The molecule has 1 saturated heterocycles. The van der Waals surface area contributed by atoms with Gasteiger partial charge in [0.2, 0.25) is 0 Å². The number of fused-ring (bicyclic) bond motifs is 1. The second-order valence-corrected chi connectivity index (χ2v) is 7.12. The number of nitrogens with two attached hydrogens (primary N) is 1. The van der Waals surface area contributed by atoms with Gasteiger partial charge in [0.1, 0.15) is 0 Å². The summed E-state index contributed by atoms with van der Waals surface area (Å²) in [6, 6.07) is 7.38. The molecule has 1 aliphatic heterocycles. The third-order valence-corrected chi connectivity index (χ3v) is 4.73. The molecule has 124 valence electrons. The summed E-state index contributed by atoms with van der Waals surface area (Å²) in [6.45, 7) is 1.85. The van der Waals surface area contributed by atoms with Gasteiger partial charge in [-0.1, -0.05) is 18.2 Å². The topological polar surface area (TPSA) is 121 Å². The Morgan fingerprint density at radius 2 is 1.91 bits per heavy atom. The predicted molar refractivity (Wildman–Crippen MR) is 88.4 cm³/mol. The molecular weight excluding hydrogens is 318 g/mol. The number of H-pyrrole nitrogens is 1. The number of hydrogen-bond acceptors (Lipinski definition) is 5. The van der Waals surface area contributed by atoms with Crippen molar-refractivity contribution >= 4 is 26.8 Å². The van der Waals surface area contributed by atoms with Crippen LogP contribution >= 0.6 is 0 Å². The fourth-order valence-corrected chi connectivity index (χ4v) is 3.39. The van der Waals surface area contributed by atoms with Crippen molar-refractivity contribution in [1.29, 1.82) is 0 Å². The van der Waals surface area contributed by atoms with Gasteiger partial charge in [-0.2, -0.15) is 13.5 Å². The lowest BCUT2D eigenvalue weighted by atomic mass is 9.97. The minimum atomic E-state index is -3.64. The van der Waals surface area contributed by atoms with Crippen LogP contribution in [0, 0.1) is 5.92 Å². The van der Waals surface area contributed by atoms with Crippen molar-refractivity contribution in [2.24, 2.45) is 11.1 Å². The van der Waals surface area contributed by atoms with Crippen LogP contribution < -0.4 is 20.3 Å². The van der Waals surface area contributed by atoms with E-state index in [1.165, 1.54) is 0 Å². The van der Waals surface area contributed by atoms with Crippen molar-refractivity contribution in [3.63, 3.8) is 0 Å². The number of piperidine rings is 1. The Hall–Kier alpha value is -1.97. The molecule has 1 aromatic heterocycles. The van der Waals surface area contributed by atoms with Gasteiger partial charge >= 0.3 is 0 Å². The molecule has 0 amide bonds. The molecule has 2 aromatic rings. The van der Waals surface area contributed by atoms with E-state index in [1.54, 1.807) is 6.07 Å². The van der Waals surface area contributed by atoms with Gasteiger partial charge in [0.05, 0.1) is 5.39 Å². The summed E-state index contributed by atoms with van der Waals surface area (Å²) in [5.41, 5.74) is -0.198. The minimum Gasteiger partial charge on any atom is -0.355 e. The minimum absolute atomic E-state index is 0.198. The molecule has 1 aliphatic rings. The Morgan fingerprint density at radius 3 is 2.57 bits per heavy atom. The van der Waals surface area contributed by atoms with Crippen LogP contribution in [0.1, 0.15) is 12.8 Å². The van der Waals surface area contributed by atoms with Crippen LogP contribution in [-0.4, -0.2) is 38.2 Å². The largest absolute Gasteiger partial charge is 0.355 e. The maximum absolute atomic E-state index is 11.8. The first-order chi connectivity index (χ1) is 10.9. The van der Waals surface area contributed by atoms with Crippen LogP contribution in [0.3, 0.4) is 0 Å². The number of rotatable bonds is 4. The third-order valence-electron chi connectivity index (χ3n) is 4.16. The maximum atomic E-state index is 11.8. The Balaban J connectivity index is 1.73. The van der Waals surface area contributed by atoms with E-state index in [9.17, 15) is 13.2 Å². The molecule has 0 aliphatic carbocycles. The van der Waals surface area contributed by atoms with Gasteiger partial charge in [0, 0.05) is 25.0 Å².